The lowest BCUT2D eigenvalue weighted by Crippen LogP contribution is -2.42. The minimum atomic E-state index is -1.11. The molecule has 1 N–H and O–H groups in total. The van der Waals surface area contributed by atoms with Gasteiger partial charge >= 0.3 is 11.1 Å². The quantitative estimate of drug-likeness (QED) is 0.675. The third kappa shape index (κ3) is 2.92. The van der Waals surface area contributed by atoms with Crippen LogP contribution in [0, 0.1) is 6.92 Å². The number of hydrogen-bond acceptors (Lipinski definition) is 4. The molecule has 0 aliphatic heterocycles. The van der Waals surface area contributed by atoms with Crippen LogP contribution in [0.3, 0.4) is 0 Å². The van der Waals surface area contributed by atoms with E-state index in [1.165, 1.54) is 4.57 Å². The van der Waals surface area contributed by atoms with E-state index in [2.05, 4.69) is 16.9 Å². The third-order valence-corrected chi connectivity index (χ3v) is 3.48. The fraction of sp³-hybridized carbons (Fsp3) is 0.538. The number of nitrogens with zero attached hydrogens (tertiary/aromatic N) is 3. The van der Waals surface area contributed by atoms with E-state index in [-0.39, 0.29) is 11.2 Å². The van der Waals surface area contributed by atoms with Gasteiger partial charge in [-0.3, -0.25) is 14.2 Å². The van der Waals surface area contributed by atoms with Crippen molar-refractivity contribution in [3.63, 3.8) is 0 Å². The maximum atomic E-state index is 12.3. The van der Waals surface area contributed by atoms with Crippen LogP contribution < -0.4 is 11.2 Å². The van der Waals surface area contributed by atoms with Crippen molar-refractivity contribution in [3.05, 3.63) is 26.7 Å². The van der Waals surface area contributed by atoms with Crippen LogP contribution in [0.4, 0.5) is 4.79 Å². The molecule has 0 spiro atoms. The first kappa shape index (κ1) is 15.5. The second kappa shape index (κ2) is 6.26. The minimum absolute atomic E-state index is 0.122. The summed E-state index contributed by atoms with van der Waals surface area (Å²) in [6, 6.07) is 0. The summed E-state index contributed by atoms with van der Waals surface area (Å²) in [7, 11) is 0. The van der Waals surface area contributed by atoms with Crippen molar-refractivity contribution in [1.29, 1.82) is 0 Å². The molecule has 0 bridgehead atoms. The zero-order valence-electron chi connectivity index (χ0n) is 12.0. The van der Waals surface area contributed by atoms with Crippen LogP contribution in [0.2, 0.25) is 0 Å². The molecule has 7 nitrogen and oxygen atoms in total. The molecule has 8 heteroatoms. The van der Waals surface area contributed by atoms with E-state index in [1.807, 2.05) is 0 Å². The Bertz CT molecular complexity index is 787. The first-order chi connectivity index (χ1) is 9.97. The van der Waals surface area contributed by atoms with Gasteiger partial charge in [0.05, 0.1) is 0 Å². The van der Waals surface area contributed by atoms with E-state index in [0.29, 0.717) is 16.9 Å². The molecule has 0 aromatic carbocycles. The average molecular weight is 313 g/mol. The van der Waals surface area contributed by atoms with Gasteiger partial charge in [0, 0.05) is 6.54 Å². The largest absolute Gasteiger partial charge is 0.340 e. The summed E-state index contributed by atoms with van der Waals surface area (Å²) in [5.74, 6) is 0.503. The van der Waals surface area contributed by atoms with Crippen LogP contribution in [-0.2, 0) is 6.54 Å². The molecule has 114 valence electrons. The molecule has 0 saturated carbocycles. The number of H-pyrrole nitrogens is 1. The zero-order valence-corrected chi connectivity index (χ0v) is 12.7. The smallest absolute Gasteiger partial charge is 0.336 e. The van der Waals surface area contributed by atoms with E-state index in [4.69, 9.17) is 11.6 Å². The molecule has 0 unspecified atom stereocenters. The molecule has 0 radical (unpaired) electrons. The van der Waals surface area contributed by atoms with Crippen LogP contribution in [0.15, 0.2) is 9.59 Å². The number of hydrogen-bond donors (Lipinski definition) is 1. The molecule has 0 aliphatic rings. The molecule has 21 heavy (non-hydrogen) atoms. The van der Waals surface area contributed by atoms with Gasteiger partial charge in [-0.25, -0.2) is 9.78 Å². The first-order valence-electron chi connectivity index (χ1n) is 6.89. The number of rotatable bonds is 5. The molecule has 0 amide bonds. The normalized spacial score (nSPS) is 11.2. The second-order valence-corrected chi connectivity index (χ2v) is 5.23. The van der Waals surface area contributed by atoms with Crippen LogP contribution in [-0.4, -0.2) is 24.5 Å². The topological polar surface area (TPSA) is 89.8 Å². The number of aromatic amines is 1. The lowest BCUT2D eigenvalue weighted by molar-refractivity contribution is 0.259. The zero-order chi connectivity index (χ0) is 15.6. The third-order valence-electron chi connectivity index (χ3n) is 3.31. The highest BCUT2D eigenvalue weighted by Gasteiger charge is 2.19. The summed E-state index contributed by atoms with van der Waals surface area (Å²) >= 11 is 5.35. The van der Waals surface area contributed by atoms with Crippen molar-refractivity contribution >= 4 is 28.1 Å². The summed E-state index contributed by atoms with van der Waals surface area (Å²) in [4.78, 5) is 42.7. The van der Waals surface area contributed by atoms with Gasteiger partial charge in [0.15, 0.2) is 11.2 Å². The van der Waals surface area contributed by atoms with Crippen molar-refractivity contribution in [2.75, 3.05) is 0 Å². The van der Waals surface area contributed by atoms with Crippen molar-refractivity contribution in [1.82, 2.24) is 19.1 Å². The summed E-state index contributed by atoms with van der Waals surface area (Å²) in [6.07, 6.45) is 3.86. The fourth-order valence-corrected chi connectivity index (χ4v) is 2.44. The molecule has 0 fully saturated rings. The molecular weight excluding hydrogens is 296 g/mol. The number of aromatic nitrogens is 4. The Morgan fingerprint density at radius 1 is 1.29 bits per heavy atom. The number of nitrogens with one attached hydrogen (secondary N) is 1. The highest BCUT2D eigenvalue weighted by molar-refractivity contribution is 6.63. The van der Waals surface area contributed by atoms with Crippen LogP contribution in [0.5, 0.6) is 0 Å². The summed E-state index contributed by atoms with van der Waals surface area (Å²) < 4.78 is 1.76. The summed E-state index contributed by atoms with van der Waals surface area (Å²) in [5, 5.41) is -1.11. The number of aryl methyl sites for hydroxylation is 2. The number of carbonyl (C=O) groups excluding carboxylic acids is 1. The molecule has 2 rings (SSSR count). The summed E-state index contributed by atoms with van der Waals surface area (Å²) in [5.41, 5.74) is -1.11. The Morgan fingerprint density at radius 3 is 2.62 bits per heavy atom. The molecule has 0 saturated heterocycles. The van der Waals surface area contributed by atoms with Gasteiger partial charge in [-0.05, 0) is 24.9 Å². The van der Waals surface area contributed by atoms with E-state index in [9.17, 15) is 14.4 Å². The monoisotopic (exact) mass is 312 g/mol. The van der Waals surface area contributed by atoms with Crippen molar-refractivity contribution in [2.45, 2.75) is 46.1 Å². The predicted molar refractivity (Wildman–Crippen MR) is 80.1 cm³/mol. The molecule has 2 aromatic rings. The number of unbranched alkanes of at least 4 members (excludes halogenated alkanes) is 3. The Hall–Kier alpha value is -1.89. The van der Waals surface area contributed by atoms with E-state index in [0.717, 1.165) is 25.7 Å². The SMILES string of the molecule is CCCCCCn1c(=O)n(C(=O)Cl)c(=O)c2[nH]c(C)nc21. The van der Waals surface area contributed by atoms with Gasteiger partial charge in [-0.1, -0.05) is 26.2 Å². The molecule has 0 atom stereocenters. The molecular formula is C13H17ClN4O3. The predicted octanol–water partition coefficient (Wildman–Crippen LogP) is 1.98. The Kier molecular flexibility index (Phi) is 4.62. The van der Waals surface area contributed by atoms with Gasteiger partial charge in [0.1, 0.15) is 5.82 Å². The Morgan fingerprint density at radius 2 is 2.00 bits per heavy atom. The van der Waals surface area contributed by atoms with Crippen molar-refractivity contribution < 1.29 is 4.79 Å². The number of carbonyl (C=O) groups is 1. The number of halogens is 1. The van der Waals surface area contributed by atoms with Crippen LogP contribution in [0.1, 0.15) is 38.4 Å². The van der Waals surface area contributed by atoms with E-state index in [1.54, 1.807) is 6.92 Å². The van der Waals surface area contributed by atoms with E-state index >= 15 is 0 Å². The minimum Gasteiger partial charge on any atom is -0.336 e. The maximum Gasteiger partial charge on any atom is 0.340 e. The van der Waals surface area contributed by atoms with Crippen LogP contribution in [0.25, 0.3) is 11.2 Å². The van der Waals surface area contributed by atoms with Gasteiger partial charge in [-0.15, -0.1) is 0 Å². The Labute approximate surface area is 125 Å². The average Bonchev–Trinajstić information content (AvgIpc) is 2.79. The number of fused-ring (bicyclic) bond motifs is 1. The fourth-order valence-electron chi connectivity index (χ4n) is 2.29. The van der Waals surface area contributed by atoms with Gasteiger partial charge < -0.3 is 4.98 Å². The van der Waals surface area contributed by atoms with Crippen LogP contribution >= 0.6 is 11.6 Å². The van der Waals surface area contributed by atoms with E-state index < -0.39 is 16.6 Å². The Balaban J connectivity index is 2.59. The lowest BCUT2D eigenvalue weighted by Gasteiger charge is -2.08. The second-order valence-electron chi connectivity index (χ2n) is 4.91. The standard InChI is InChI=1S/C13H17ClN4O3/c1-3-4-5-6-7-17-10-9(15-8(2)16-10)11(19)18(12(14)20)13(17)21/h3-7H2,1-2H3,(H,15,16). The maximum absolute atomic E-state index is 12.3. The molecule has 2 aromatic heterocycles. The first-order valence-corrected chi connectivity index (χ1v) is 7.27. The van der Waals surface area contributed by atoms with Crippen molar-refractivity contribution in [2.24, 2.45) is 0 Å². The highest BCUT2D eigenvalue weighted by Crippen LogP contribution is 2.08. The van der Waals surface area contributed by atoms with Gasteiger partial charge in [0.25, 0.3) is 5.56 Å². The van der Waals surface area contributed by atoms with Gasteiger partial charge in [0.2, 0.25) is 0 Å². The number of imidazole rings is 1. The summed E-state index contributed by atoms with van der Waals surface area (Å²) in [6.45, 7) is 4.16. The van der Waals surface area contributed by atoms with Crippen molar-refractivity contribution in [3.8, 4) is 0 Å². The lowest BCUT2D eigenvalue weighted by atomic mass is 10.2. The molecule has 0 aliphatic carbocycles. The molecule has 2 heterocycles. The highest BCUT2D eigenvalue weighted by atomic mass is 35.5. The van der Waals surface area contributed by atoms with Gasteiger partial charge in [-0.2, -0.15) is 4.57 Å².